The van der Waals surface area contributed by atoms with Crippen LogP contribution in [0.4, 0.5) is 0 Å². The molecule has 4 heteroatoms. The van der Waals surface area contributed by atoms with Gasteiger partial charge in [-0.05, 0) is 43.1 Å². The third-order valence-electron chi connectivity index (χ3n) is 4.44. The lowest BCUT2D eigenvalue weighted by Crippen LogP contribution is -2.43. The van der Waals surface area contributed by atoms with E-state index >= 15 is 0 Å². The van der Waals surface area contributed by atoms with Crippen molar-refractivity contribution in [2.45, 2.75) is 12.5 Å². The van der Waals surface area contributed by atoms with Gasteiger partial charge in [-0.2, -0.15) is 0 Å². The number of pyridine rings is 1. The van der Waals surface area contributed by atoms with E-state index in [-0.39, 0.29) is 5.91 Å². The molecular weight excluding hydrogens is 238 g/mol. The first kappa shape index (κ1) is 11.1. The molecule has 3 atom stereocenters. The highest BCUT2D eigenvalue weighted by atomic mass is 16.1. The van der Waals surface area contributed by atoms with Crippen LogP contribution >= 0.6 is 0 Å². The van der Waals surface area contributed by atoms with E-state index in [9.17, 15) is 4.79 Å². The van der Waals surface area contributed by atoms with Crippen LogP contribution in [-0.4, -0.2) is 40.9 Å². The summed E-state index contributed by atoms with van der Waals surface area (Å²) < 4.78 is 2.01. The molecule has 98 valence electrons. The number of nitrogens with zero attached hydrogens (tertiary/aromatic N) is 2. The second-order valence-corrected chi connectivity index (χ2v) is 5.64. The molecule has 2 aromatic heterocycles. The third kappa shape index (κ3) is 1.83. The van der Waals surface area contributed by atoms with Gasteiger partial charge in [0.2, 0.25) is 0 Å². The van der Waals surface area contributed by atoms with Gasteiger partial charge in [0.05, 0.1) is 0 Å². The smallest absolute Gasteiger partial charge is 0.251 e. The number of fused-ring (bicyclic) bond motifs is 3. The molecule has 2 aromatic rings. The quantitative estimate of drug-likeness (QED) is 0.880. The zero-order valence-corrected chi connectivity index (χ0v) is 10.7. The predicted molar refractivity (Wildman–Crippen MR) is 73.2 cm³/mol. The van der Waals surface area contributed by atoms with Crippen molar-refractivity contribution >= 4 is 11.4 Å². The Hall–Kier alpha value is -1.81. The molecule has 2 saturated heterocycles. The first-order valence-corrected chi connectivity index (χ1v) is 6.89. The Morgan fingerprint density at radius 1 is 1.26 bits per heavy atom. The Morgan fingerprint density at radius 3 is 3.00 bits per heavy atom. The topological polar surface area (TPSA) is 36.8 Å². The lowest BCUT2D eigenvalue weighted by Gasteiger charge is -2.23. The van der Waals surface area contributed by atoms with Crippen molar-refractivity contribution in [3.63, 3.8) is 0 Å². The standard InChI is InChI=1S/C15H17N3O/c19-15(16-14-10-17-6-3-12(14)9-17)11-4-7-18-5-1-2-13(18)8-11/h1-2,4-5,7-8,12,14H,3,6,9-10H2,(H,16,19). The molecule has 4 rings (SSSR count). The molecule has 0 spiro atoms. The number of piperidine rings is 1. The first-order valence-electron chi connectivity index (χ1n) is 6.89. The summed E-state index contributed by atoms with van der Waals surface area (Å²) in [5.74, 6) is 0.712. The summed E-state index contributed by atoms with van der Waals surface area (Å²) in [5, 5.41) is 3.19. The van der Waals surface area contributed by atoms with Crippen LogP contribution in [0.15, 0.2) is 36.7 Å². The highest BCUT2D eigenvalue weighted by Gasteiger charge is 2.38. The summed E-state index contributed by atoms with van der Waals surface area (Å²) in [6.07, 6.45) is 5.15. The number of hydrogen-bond acceptors (Lipinski definition) is 2. The van der Waals surface area contributed by atoms with Gasteiger partial charge in [0.1, 0.15) is 0 Å². The SMILES string of the molecule is O=C(NC1CN2CCC1C2)c1ccn2cccc2c1. The molecule has 1 amide bonds. The second-order valence-electron chi connectivity index (χ2n) is 5.64. The Morgan fingerprint density at radius 2 is 2.21 bits per heavy atom. The van der Waals surface area contributed by atoms with Crippen LogP contribution in [0.1, 0.15) is 16.8 Å². The minimum atomic E-state index is 0.0578. The van der Waals surface area contributed by atoms with Crippen LogP contribution in [0.25, 0.3) is 5.52 Å². The van der Waals surface area contributed by atoms with E-state index in [4.69, 9.17) is 0 Å². The molecule has 0 aromatic carbocycles. The normalized spacial score (nSPS) is 28.9. The molecule has 1 N–H and O–H groups in total. The lowest BCUT2D eigenvalue weighted by atomic mass is 10.00. The molecule has 3 unspecified atom stereocenters. The Bertz CT molecular complexity index is 633. The van der Waals surface area contributed by atoms with Crippen molar-refractivity contribution < 1.29 is 4.79 Å². The molecule has 0 radical (unpaired) electrons. The van der Waals surface area contributed by atoms with Gasteiger partial charge in [-0.15, -0.1) is 0 Å². The zero-order chi connectivity index (χ0) is 12.8. The van der Waals surface area contributed by atoms with Gasteiger partial charge < -0.3 is 14.6 Å². The number of hydrogen-bond donors (Lipinski definition) is 1. The van der Waals surface area contributed by atoms with Crippen molar-refractivity contribution in [1.82, 2.24) is 14.6 Å². The fraction of sp³-hybridized carbons (Fsp3) is 0.400. The maximum atomic E-state index is 12.3. The molecule has 4 nitrogen and oxygen atoms in total. The average molecular weight is 255 g/mol. The van der Waals surface area contributed by atoms with E-state index in [2.05, 4.69) is 10.2 Å². The van der Waals surface area contributed by atoms with Crippen molar-refractivity contribution in [1.29, 1.82) is 0 Å². The Labute approximate surface area is 112 Å². The third-order valence-corrected chi connectivity index (χ3v) is 4.44. The summed E-state index contributed by atoms with van der Waals surface area (Å²) in [5.41, 5.74) is 1.81. The van der Waals surface area contributed by atoms with Crippen molar-refractivity contribution in [3.05, 3.63) is 42.2 Å². The highest BCUT2D eigenvalue weighted by Crippen LogP contribution is 2.27. The van der Waals surface area contributed by atoms with Crippen molar-refractivity contribution in [2.24, 2.45) is 5.92 Å². The number of amides is 1. The van der Waals surface area contributed by atoms with Gasteiger partial charge in [0.25, 0.3) is 5.91 Å². The van der Waals surface area contributed by atoms with Gasteiger partial charge >= 0.3 is 0 Å². The summed E-state index contributed by atoms with van der Waals surface area (Å²) >= 11 is 0. The van der Waals surface area contributed by atoms with Crippen LogP contribution in [0.2, 0.25) is 0 Å². The highest BCUT2D eigenvalue weighted by molar-refractivity contribution is 5.95. The molecule has 2 aliphatic rings. The molecule has 2 bridgehead atoms. The fourth-order valence-electron chi connectivity index (χ4n) is 3.37. The van der Waals surface area contributed by atoms with Gasteiger partial charge in [-0.3, -0.25) is 4.79 Å². The van der Waals surface area contributed by atoms with Gasteiger partial charge in [-0.25, -0.2) is 0 Å². The number of carbonyl (C=O) groups is 1. The van der Waals surface area contributed by atoms with Crippen molar-refractivity contribution in [2.75, 3.05) is 19.6 Å². The molecule has 2 aliphatic heterocycles. The van der Waals surface area contributed by atoms with Crippen LogP contribution in [0.5, 0.6) is 0 Å². The van der Waals surface area contributed by atoms with E-state index in [0.29, 0.717) is 12.0 Å². The summed E-state index contributed by atoms with van der Waals surface area (Å²) in [4.78, 5) is 14.7. The number of rotatable bonds is 2. The lowest BCUT2D eigenvalue weighted by molar-refractivity contribution is 0.0924. The van der Waals surface area contributed by atoms with E-state index in [1.807, 2.05) is 41.1 Å². The Balaban J connectivity index is 1.53. The largest absolute Gasteiger partial charge is 0.348 e. The maximum Gasteiger partial charge on any atom is 0.251 e. The van der Waals surface area contributed by atoms with Gasteiger partial charge in [-0.1, -0.05) is 0 Å². The van der Waals surface area contributed by atoms with E-state index < -0.39 is 0 Å². The number of carbonyl (C=O) groups excluding carboxylic acids is 1. The van der Waals surface area contributed by atoms with Crippen LogP contribution in [-0.2, 0) is 0 Å². The monoisotopic (exact) mass is 255 g/mol. The molecule has 2 fully saturated rings. The summed E-state index contributed by atoms with van der Waals surface area (Å²) in [6.45, 7) is 3.37. The maximum absolute atomic E-state index is 12.3. The van der Waals surface area contributed by atoms with Crippen molar-refractivity contribution in [3.8, 4) is 0 Å². The number of aromatic nitrogens is 1. The minimum absolute atomic E-state index is 0.0578. The molecule has 4 heterocycles. The predicted octanol–water partition coefficient (Wildman–Crippen LogP) is 1.37. The van der Waals surface area contributed by atoms with E-state index in [1.165, 1.54) is 13.0 Å². The van der Waals surface area contributed by atoms with Crippen LogP contribution < -0.4 is 5.32 Å². The molecule has 0 saturated carbocycles. The van der Waals surface area contributed by atoms with Crippen LogP contribution in [0, 0.1) is 5.92 Å². The van der Waals surface area contributed by atoms with Gasteiger partial charge in [0.15, 0.2) is 0 Å². The molecule has 19 heavy (non-hydrogen) atoms. The molecular formula is C15H17N3O. The van der Waals surface area contributed by atoms with Crippen LogP contribution in [0.3, 0.4) is 0 Å². The van der Waals surface area contributed by atoms with E-state index in [1.54, 1.807) is 0 Å². The number of nitrogens with one attached hydrogen (secondary N) is 1. The average Bonchev–Trinajstić information content (AvgIpc) is 3.13. The summed E-state index contributed by atoms with van der Waals surface area (Å²) in [7, 11) is 0. The second kappa shape index (κ2) is 4.10. The molecule has 0 aliphatic carbocycles. The fourth-order valence-corrected chi connectivity index (χ4v) is 3.37. The minimum Gasteiger partial charge on any atom is -0.348 e. The van der Waals surface area contributed by atoms with Gasteiger partial charge in [0, 0.05) is 42.6 Å². The van der Waals surface area contributed by atoms with E-state index in [0.717, 1.165) is 24.2 Å². The Kier molecular flexibility index (Phi) is 2.38. The zero-order valence-electron chi connectivity index (χ0n) is 10.7. The first-order chi connectivity index (χ1) is 9.29. The summed E-state index contributed by atoms with van der Waals surface area (Å²) in [6, 6.07) is 8.17.